The Hall–Kier alpha value is -0.430. The zero-order valence-corrected chi connectivity index (χ0v) is 12.3. The maximum Gasteiger partial charge on any atom is 0.160 e. The van der Waals surface area contributed by atoms with Gasteiger partial charge in [-0.1, -0.05) is 20.8 Å². The zero-order valence-electron chi connectivity index (χ0n) is 10.1. The van der Waals surface area contributed by atoms with Gasteiger partial charge >= 0.3 is 0 Å². The summed E-state index contributed by atoms with van der Waals surface area (Å²) in [6.07, 6.45) is 0.761. The summed E-state index contributed by atoms with van der Waals surface area (Å²) >= 11 is 2.18. The standard InChI is InChI=1S/C11H18IN3O/c1-5-7-8(12)10(13)15-11(14-7)9(16-4)6(2)3/h6,9H,5H2,1-4H3,(H2,13,14,15). The van der Waals surface area contributed by atoms with Gasteiger partial charge in [-0.2, -0.15) is 0 Å². The highest BCUT2D eigenvalue weighted by Crippen LogP contribution is 2.25. The third-order valence-electron chi connectivity index (χ3n) is 2.41. The molecule has 1 aromatic heterocycles. The summed E-state index contributed by atoms with van der Waals surface area (Å²) in [7, 11) is 1.67. The van der Waals surface area contributed by atoms with Crippen LogP contribution in [0.3, 0.4) is 0 Å². The Morgan fingerprint density at radius 3 is 2.44 bits per heavy atom. The van der Waals surface area contributed by atoms with Gasteiger partial charge in [0.2, 0.25) is 0 Å². The van der Waals surface area contributed by atoms with Crippen LogP contribution in [0, 0.1) is 9.49 Å². The van der Waals surface area contributed by atoms with Crippen molar-refractivity contribution in [3.8, 4) is 0 Å². The topological polar surface area (TPSA) is 61.0 Å². The van der Waals surface area contributed by atoms with Crippen molar-refractivity contribution in [1.29, 1.82) is 0 Å². The fourth-order valence-corrected chi connectivity index (χ4v) is 2.19. The maximum atomic E-state index is 5.88. The van der Waals surface area contributed by atoms with Crippen LogP contribution in [-0.2, 0) is 11.2 Å². The van der Waals surface area contributed by atoms with E-state index in [1.165, 1.54) is 0 Å². The lowest BCUT2D eigenvalue weighted by Gasteiger charge is -2.19. The molecule has 0 saturated heterocycles. The van der Waals surface area contributed by atoms with Crippen molar-refractivity contribution in [2.45, 2.75) is 33.3 Å². The molecule has 5 heteroatoms. The van der Waals surface area contributed by atoms with Crippen molar-refractivity contribution >= 4 is 28.4 Å². The molecule has 4 nitrogen and oxygen atoms in total. The summed E-state index contributed by atoms with van der Waals surface area (Å²) in [5, 5.41) is 0. The quantitative estimate of drug-likeness (QED) is 0.859. The van der Waals surface area contributed by atoms with Gasteiger partial charge in [-0.15, -0.1) is 0 Å². The van der Waals surface area contributed by atoms with E-state index < -0.39 is 0 Å². The van der Waals surface area contributed by atoms with Crippen LogP contribution in [0.1, 0.15) is 38.4 Å². The van der Waals surface area contributed by atoms with E-state index in [2.05, 4.69) is 53.3 Å². The molecule has 1 atom stereocenters. The number of anilines is 1. The highest BCUT2D eigenvalue weighted by atomic mass is 127. The molecule has 90 valence electrons. The van der Waals surface area contributed by atoms with Gasteiger partial charge in [0.25, 0.3) is 0 Å². The van der Waals surface area contributed by atoms with Crippen LogP contribution in [0.2, 0.25) is 0 Å². The van der Waals surface area contributed by atoms with E-state index in [1.807, 2.05) is 0 Å². The van der Waals surface area contributed by atoms with Crippen molar-refractivity contribution in [1.82, 2.24) is 9.97 Å². The van der Waals surface area contributed by atoms with Gasteiger partial charge in [-0.25, -0.2) is 9.97 Å². The summed E-state index contributed by atoms with van der Waals surface area (Å²) in [6.45, 7) is 6.22. The second-order valence-electron chi connectivity index (χ2n) is 3.98. The molecule has 0 aromatic carbocycles. The molecule has 1 rings (SSSR count). The summed E-state index contributed by atoms with van der Waals surface area (Å²) in [4.78, 5) is 8.83. The van der Waals surface area contributed by atoms with Crippen LogP contribution in [-0.4, -0.2) is 17.1 Å². The first kappa shape index (κ1) is 13.6. The van der Waals surface area contributed by atoms with Crippen LogP contribution >= 0.6 is 22.6 Å². The van der Waals surface area contributed by atoms with Crippen molar-refractivity contribution in [2.24, 2.45) is 5.92 Å². The summed E-state index contributed by atoms with van der Waals surface area (Å²) in [6, 6.07) is 0. The van der Waals surface area contributed by atoms with Gasteiger partial charge < -0.3 is 10.5 Å². The smallest absolute Gasteiger partial charge is 0.160 e. The van der Waals surface area contributed by atoms with Gasteiger partial charge in [-0.3, -0.25) is 0 Å². The van der Waals surface area contributed by atoms with Crippen LogP contribution in [0.25, 0.3) is 0 Å². The monoisotopic (exact) mass is 335 g/mol. The molecular formula is C11H18IN3O. The zero-order chi connectivity index (χ0) is 12.3. The largest absolute Gasteiger partial charge is 0.383 e. The van der Waals surface area contributed by atoms with Crippen molar-refractivity contribution in [3.05, 3.63) is 15.1 Å². The number of aromatic nitrogens is 2. The average molecular weight is 335 g/mol. The first-order chi connectivity index (χ1) is 7.51. The fourth-order valence-electron chi connectivity index (χ4n) is 1.57. The number of nitrogens with zero attached hydrogens (tertiary/aromatic N) is 2. The summed E-state index contributed by atoms with van der Waals surface area (Å²) in [5.41, 5.74) is 6.87. The third kappa shape index (κ3) is 2.82. The highest BCUT2D eigenvalue weighted by molar-refractivity contribution is 14.1. The number of halogens is 1. The average Bonchev–Trinajstić information content (AvgIpc) is 2.23. The number of ether oxygens (including phenoxy) is 1. The van der Waals surface area contributed by atoms with Crippen LogP contribution < -0.4 is 5.73 Å². The Kier molecular flexibility index (Phi) is 4.91. The van der Waals surface area contributed by atoms with Crippen LogP contribution in [0.4, 0.5) is 5.82 Å². The predicted molar refractivity (Wildman–Crippen MR) is 73.1 cm³/mol. The molecule has 0 saturated carbocycles. The molecule has 16 heavy (non-hydrogen) atoms. The molecular weight excluding hydrogens is 317 g/mol. The molecule has 0 aliphatic rings. The molecule has 0 radical (unpaired) electrons. The van der Waals surface area contributed by atoms with E-state index in [9.17, 15) is 0 Å². The lowest BCUT2D eigenvalue weighted by atomic mass is 10.1. The highest BCUT2D eigenvalue weighted by Gasteiger charge is 2.20. The van der Waals surface area contributed by atoms with Gasteiger partial charge in [0.05, 0.1) is 9.26 Å². The molecule has 0 aliphatic carbocycles. The van der Waals surface area contributed by atoms with Crippen molar-refractivity contribution in [2.75, 3.05) is 12.8 Å². The van der Waals surface area contributed by atoms with E-state index >= 15 is 0 Å². The lowest BCUT2D eigenvalue weighted by molar-refractivity contribution is 0.0574. The molecule has 2 N–H and O–H groups in total. The van der Waals surface area contributed by atoms with Crippen LogP contribution in [0.15, 0.2) is 0 Å². The SMILES string of the molecule is CCc1nc(C(OC)C(C)C)nc(N)c1I. The first-order valence-corrected chi connectivity index (χ1v) is 6.43. The number of methoxy groups -OCH3 is 1. The fraction of sp³-hybridized carbons (Fsp3) is 0.636. The number of rotatable bonds is 4. The lowest BCUT2D eigenvalue weighted by Crippen LogP contribution is -2.16. The Labute approximate surface area is 110 Å². The molecule has 0 bridgehead atoms. The maximum absolute atomic E-state index is 5.88. The molecule has 0 amide bonds. The number of nitrogen functional groups attached to an aromatic ring is 1. The molecule has 1 unspecified atom stereocenters. The molecule has 1 heterocycles. The van der Waals surface area contributed by atoms with Crippen molar-refractivity contribution < 1.29 is 4.74 Å². The number of hydrogen-bond acceptors (Lipinski definition) is 4. The summed E-state index contributed by atoms with van der Waals surface area (Å²) in [5.74, 6) is 1.56. The second-order valence-corrected chi connectivity index (χ2v) is 5.06. The number of hydrogen-bond donors (Lipinski definition) is 1. The van der Waals surface area contributed by atoms with Gasteiger partial charge in [0.15, 0.2) is 5.82 Å². The predicted octanol–water partition coefficient (Wildman–Crippen LogP) is 2.57. The normalized spacial score (nSPS) is 13.1. The van der Waals surface area contributed by atoms with E-state index in [0.29, 0.717) is 17.6 Å². The van der Waals surface area contributed by atoms with Crippen molar-refractivity contribution in [3.63, 3.8) is 0 Å². The van der Waals surface area contributed by atoms with E-state index in [0.717, 1.165) is 15.7 Å². The Balaban J connectivity index is 3.19. The number of nitrogens with two attached hydrogens (primary N) is 1. The molecule has 0 fully saturated rings. The Morgan fingerprint density at radius 2 is 2.00 bits per heavy atom. The van der Waals surface area contributed by atoms with Gasteiger partial charge in [-0.05, 0) is 34.9 Å². The minimum atomic E-state index is -0.0930. The van der Waals surface area contributed by atoms with Gasteiger partial charge in [0.1, 0.15) is 11.9 Å². The third-order valence-corrected chi connectivity index (χ3v) is 3.59. The Morgan fingerprint density at radius 1 is 1.38 bits per heavy atom. The van der Waals surface area contributed by atoms with Gasteiger partial charge in [0, 0.05) is 7.11 Å². The molecule has 0 aliphatic heterocycles. The van der Waals surface area contributed by atoms with E-state index in [-0.39, 0.29) is 6.10 Å². The van der Waals surface area contributed by atoms with E-state index in [1.54, 1.807) is 7.11 Å². The molecule has 0 spiro atoms. The Bertz CT molecular complexity index is 368. The second kappa shape index (κ2) is 5.77. The minimum Gasteiger partial charge on any atom is -0.383 e. The minimum absolute atomic E-state index is 0.0930. The first-order valence-electron chi connectivity index (χ1n) is 5.35. The summed E-state index contributed by atoms with van der Waals surface area (Å²) < 4.78 is 6.36. The molecule has 1 aromatic rings. The van der Waals surface area contributed by atoms with E-state index in [4.69, 9.17) is 10.5 Å². The van der Waals surface area contributed by atoms with Crippen LogP contribution in [0.5, 0.6) is 0 Å². The number of aryl methyl sites for hydroxylation is 1.